The molecule has 4 heteroatoms. The van der Waals surface area contributed by atoms with Crippen molar-refractivity contribution < 1.29 is 4.79 Å². The molecule has 0 spiro atoms. The van der Waals surface area contributed by atoms with E-state index in [1.54, 1.807) is 0 Å². The lowest BCUT2D eigenvalue weighted by atomic mass is 10.4. The van der Waals surface area contributed by atoms with Crippen molar-refractivity contribution in [2.45, 2.75) is 6.42 Å². The van der Waals surface area contributed by atoms with Gasteiger partial charge in [-0.25, -0.2) is 4.98 Å². The van der Waals surface area contributed by atoms with Gasteiger partial charge in [0.1, 0.15) is 6.29 Å². The molecule has 66 valence electrons. The topological polar surface area (TPSA) is 34.4 Å². The molecule has 2 heterocycles. The summed E-state index contributed by atoms with van der Waals surface area (Å²) in [5, 5.41) is 0. The van der Waals surface area contributed by atoms with Gasteiger partial charge in [-0.3, -0.25) is 0 Å². The Labute approximate surface area is 83.5 Å². The van der Waals surface area contributed by atoms with Gasteiger partial charge in [0.15, 0.2) is 5.65 Å². The number of carbonyl (C=O) groups excluding carboxylic acids is 1. The van der Waals surface area contributed by atoms with Crippen LogP contribution in [-0.2, 0) is 11.2 Å². The molecule has 0 atom stereocenters. The highest BCUT2D eigenvalue weighted by atomic mass is 79.9. The van der Waals surface area contributed by atoms with Crippen molar-refractivity contribution in [3.63, 3.8) is 0 Å². The molecule has 3 nitrogen and oxygen atoms in total. The summed E-state index contributed by atoms with van der Waals surface area (Å²) in [7, 11) is 0. The van der Waals surface area contributed by atoms with E-state index in [-0.39, 0.29) is 0 Å². The van der Waals surface area contributed by atoms with Gasteiger partial charge in [0.2, 0.25) is 0 Å². The van der Waals surface area contributed by atoms with E-state index in [1.807, 2.05) is 28.9 Å². The largest absolute Gasteiger partial charge is 0.306 e. The highest BCUT2D eigenvalue weighted by Crippen LogP contribution is 2.16. The van der Waals surface area contributed by atoms with E-state index in [4.69, 9.17) is 0 Å². The number of hydrogen-bond acceptors (Lipinski definition) is 2. The number of halogens is 1. The smallest absolute Gasteiger partial charge is 0.151 e. The van der Waals surface area contributed by atoms with Crippen LogP contribution in [-0.4, -0.2) is 15.7 Å². The normalized spacial score (nSPS) is 10.5. The van der Waals surface area contributed by atoms with Crippen molar-refractivity contribution in [3.05, 3.63) is 34.7 Å². The minimum absolute atomic E-state index is 0.369. The average Bonchev–Trinajstić information content (AvgIpc) is 2.49. The maximum absolute atomic E-state index is 10.3. The van der Waals surface area contributed by atoms with E-state index in [0.29, 0.717) is 6.42 Å². The number of rotatable bonds is 2. The van der Waals surface area contributed by atoms with Crippen LogP contribution in [0.5, 0.6) is 0 Å². The van der Waals surface area contributed by atoms with Gasteiger partial charge in [-0.2, -0.15) is 0 Å². The summed E-state index contributed by atoms with van der Waals surface area (Å²) in [6.45, 7) is 0. The van der Waals surface area contributed by atoms with Crippen LogP contribution in [0.15, 0.2) is 29.0 Å². The van der Waals surface area contributed by atoms with Gasteiger partial charge < -0.3 is 9.20 Å². The van der Waals surface area contributed by atoms with E-state index in [1.165, 1.54) is 0 Å². The molecular weight excluding hydrogens is 232 g/mol. The zero-order valence-electron chi connectivity index (χ0n) is 6.77. The predicted molar refractivity (Wildman–Crippen MR) is 52.7 cm³/mol. The number of hydrogen-bond donors (Lipinski definition) is 0. The van der Waals surface area contributed by atoms with Gasteiger partial charge in [0.05, 0.1) is 10.2 Å². The molecule has 0 bridgehead atoms. The van der Waals surface area contributed by atoms with Crippen LogP contribution in [0, 0.1) is 0 Å². The fourth-order valence-electron chi connectivity index (χ4n) is 1.21. The second-order valence-electron chi connectivity index (χ2n) is 2.69. The first kappa shape index (κ1) is 8.44. The molecule has 0 N–H and O–H groups in total. The van der Waals surface area contributed by atoms with Crippen molar-refractivity contribution >= 4 is 27.9 Å². The number of imidazole rings is 1. The molecule has 2 aromatic rings. The number of aromatic nitrogens is 2. The van der Waals surface area contributed by atoms with Crippen molar-refractivity contribution in [2.24, 2.45) is 0 Å². The Kier molecular flexibility index (Phi) is 2.14. The summed E-state index contributed by atoms with van der Waals surface area (Å²) in [4.78, 5) is 14.6. The molecule has 0 aromatic carbocycles. The maximum atomic E-state index is 10.3. The molecule has 0 aliphatic heterocycles. The first-order valence-corrected chi connectivity index (χ1v) is 4.66. The first-order chi connectivity index (χ1) is 6.31. The van der Waals surface area contributed by atoms with Crippen LogP contribution in [0.2, 0.25) is 0 Å². The first-order valence-electron chi connectivity index (χ1n) is 3.87. The molecule has 0 fully saturated rings. The molecule has 13 heavy (non-hydrogen) atoms. The molecule has 0 aliphatic rings. The van der Waals surface area contributed by atoms with Gasteiger partial charge in [-0.05, 0) is 28.1 Å². The van der Waals surface area contributed by atoms with E-state index < -0.39 is 0 Å². The Hall–Kier alpha value is -1.16. The van der Waals surface area contributed by atoms with Crippen molar-refractivity contribution in [1.29, 1.82) is 0 Å². The van der Waals surface area contributed by atoms with Gasteiger partial charge >= 0.3 is 0 Å². The van der Waals surface area contributed by atoms with E-state index >= 15 is 0 Å². The Morgan fingerprint density at radius 2 is 2.46 bits per heavy atom. The lowest BCUT2D eigenvalue weighted by Gasteiger charge is -1.92. The molecule has 2 rings (SSSR count). The third-order valence-electron chi connectivity index (χ3n) is 1.78. The number of fused-ring (bicyclic) bond motifs is 1. The quantitative estimate of drug-likeness (QED) is 0.749. The lowest BCUT2D eigenvalue weighted by molar-refractivity contribution is -0.107. The summed E-state index contributed by atoms with van der Waals surface area (Å²) in [5.74, 6) is 0. The summed E-state index contributed by atoms with van der Waals surface area (Å²) in [6.07, 6.45) is 4.99. The number of aldehydes is 1. The number of carbonyl (C=O) groups is 1. The van der Waals surface area contributed by atoms with Crippen LogP contribution in [0.1, 0.15) is 5.69 Å². The van der Waals surface area contributed by atoms with Gasteiger partial charge in [-0.15, -0.1) is 0 Å². The van der Waals surface area contributed by atoms with Gasteiger partial charge in [0.25, 0.3) is 0 Å². The van der Waals surface area contributed by atoms with E-state index in [9.17, 15) is 4.79 Å². The number of pyridine rings is 1. The Morgan fingerprint density at radius 1 is 1.62 bits per heavy atom. The highest BCUT2D eigenvalue weighted by molar-refractivity contribution is 9.10. The molecule has 0 saturated carbocycles. The third kappa shape index (κ3) is 1.49. The van der Waals surface area contributed by atoms with Crippen LogP contribution in [0.3, 0.4) is 0 Å². The van der Waals surface area contributed by atoms with Crippen LogP contribution in [0.4, 0.5) is 0 Å². The zero-order chi connectivity index (χ0) is 9.26. The maximum Gasteiger partial charge on any atom is 0.151 e. The molecule has 2 aromatic heterocycles. The minimum Gasteiger partial charge on any atom is -0.306 e. The Balaban J connectivity index is 2.61. The molecule has 0 amide bonds. The number of nitrogens with zero attached hydrogens (tertiary/aromatic N) is 2. The highest BCUT2D eigenvalue weighted by Gasteiger charge is 2.02. The SMILES string of the molecule is O=CCc1cn2cccc(Br)c2n1. The van der Waals surface area contributed by atoms with Gasteiger partial charge in [0, 0.05) is 18.8 Å². The lowest BCUT2D eigenvalue weighted by Crippen LogP contribution is -1.83. The van der Waals surface area contributed by atoms with Crippen molar-refractivity contribution in [1.82, 2.24) is 9.38 Å². The van der Waals surface area contributed by atoms with E-state index in [2.05, 4.69) is 20.9 Å². The third-order valence-corrected chi connectivity index (χ3v) is 2.40. The molecule has 0 aliphatic carbocycles. The molecule has 0 saturated heterocycles. The standard InChI is InChI=1S/C9H7BrN2O/c10-8-2-1-4-12-6-7(3-5-13)11-9(8)12/h1-2,4-6H,3H2. The summed E-state index contributed by atoms with van der Waals surface area (Å²) in [6, 6.07) is 3.84. The van der Waals surface area contributed by atoms with Crippen molar-refractivity contribution in [2.75, 3.05) is 0 Å². The van der Waals surface area contributed by atoms with E-state index in [0.717, 1.165) is 22.1 Å². The summed E-state index contributed by atoms with van der Waals surface area (Å²) in [5.41, 5.74) is 1.64. The Morgan fingerprint density at radius 3 is 3.15 bits per heavy atom. The fraction of sp³-hybridized carbons (Fsp3) is 0.111. The van der Waals surface area contributed by atoms with Crippen LogP contribution < -0.4 is 0 Å². The van der Waals surface area contributed by atoms with Crippen LogP contribution >= 0.6 is 15.9 Å². The van der Waals surface area contributed by atoms with Crippen molar-refractivity contribution in [3.8, 4) is 0 Å². The average molecular weight is 239 g/mol. The molecule has 0 radical (unpaired) electrons. The fourth-order valence-corrected chi connectivity index (χ4v) is 1.66. The van der Waals surface area contributed by atoms with Gasteiger partial charge in [-0.1, -0.05) is 0 Å². The summed E-state index contributed by atoms with van der Waals surface area (Å²) >= 11 is 3.39. The second-order valence-corrected chi connectivity index (χ2v) is 3.54. The summed E-state index contributed by atoms with van der Waals surface area (Å²) < 4.78 is 2.83. The Bertz CT molecular complexity index is 450. The molecule has 0 unspecified atom stereocenters. The minimum atomic E-state index is 0.369. The van der Waals surface area contributed by atoms with Crippen LogP contribution in [0.25, 0.3) is 5.65 Å². The predicted octanol–water partition coefficient (Wildman–Crippen LogP) is 1.84. The molecular formula is C9H7BrN2O. The zero-order valence-corrected chi connectivity index (χ0v) is 8.36. The second kappa shape index (κ2) is 3.30. The monoisotopic (exact) mass is 238 g/mol.